The molecular weight excluding hydrogens is 276 g/mol. The van der Waals surface area contributed by atoms with Gasteiger partial charge in [0.1, 0.15) is 13.1 Å². The van der Waals surface area contributed by atoms with E-state index in [0.717, 1.165) is 17.9 Å². The molecule has 1 heterocycles. The minimum absolute atomic E-state index is 0.325. The zero-order valence-corrected chi connectivity index (χ0v) is 12.4. The van der Waals surface area contributed by atoms with Gasteiger partial charge in [-0.05, 0) is 24.3 Å². The second-order valence-electron chi connectivity index (χ2n) is 4.71. The first-order chi connectivity index (χ1) is 9.50. The average molecular weight is 295 g/mol. The maximum Gasteiger partial charge on any atom is 0.242 e. The fourth-order valence-corrected chi connectivity index (χ4v) is 2.83. The molecule has 0 aliphatic rings. The molecule has 20 heavy (non-hydrogen) atoms. The number of benzene rings is 1. The number of quaternary nitrogens is 1. The second kappa shape index (κ2) is 6.21. The Balaban J connectivity index is 2.03. The van der Waals surface area contributed by atoms with Gasteiger partial charge < -0.3 is 9.73 Å². The molecule has 1 aromatic heterocycles. The van der Waals surface area contributed by atoms with Crippen molar-refractivity contribution < 1.29 is 18.2 Å². The highest BCUT2D eigenvalue weighted by molar-refractivity contribution is 7.89. The summed E-state index contributed by atoms with van der Waals surface area (Å²) in [5.41, 5.74) is 0.972. The number of hydrogen-bond donors (Lipinski definition) is 1. The molecule has 2 N–H and O–H groups in total. The smallest absolute Gasteiger partial charge is 0.242 e. The standard InChI is InChI=1S/C14H18N2O3S/c1-16(2)20(17,18)14-7-3-5-12(9-14)10-15-11-13-6-4-8-19-13/h3-9,15H,10-11H2,1-2H3/p+1. The summed E-state index contributed by atoms with van der Waals surface area (Å²) < 4.78 is 30.6. The van der Waals surface area contributed by atoms with Crippen LogP contribution in [0.25, 0.3) is 0 Å². The van der Waals surface area contributed by atoms with E-state index < -0.39 is 10.0 Å². The van der Waals surface area contributed by atoms with Crippen LogP contribution in [0.4, 0.5) is 0 Å². The van der Waals surface area contributed by atoms with E-state index in [1.54, 1.807) is 24.5 Å². The van der Waals surface area contributed by atoms with Crippen LogP contribution in [-0.2, 0) is 23.1 Å². The first-order valence-corrected chi connectivity index (χ1v) is 7.79. The fraction of sp³-hybridized carbons (Fsp3) is 0.286. The normalized spacial score (nSPS) is 11.9. The van der Waals surface area contributed by atoms with Crippen LogP contribution in [-0.4, -0.2) is 26.8 Å². The van der Waals surface area contributed by atoms with Crippen LogP contribution in [0.3, 0.4) is 0 Å². The molecule has 0 saturated heterocycles. The van der Waals surface area contributed by atoms with E-state index in [1.807, 2.05) is 18.2 Å². The molecule has 0 saturated carbocycles. The van der Waals surface area contributed by atoms with Gasteiger partial charge in [0, 0.05) is 19.7 Å². The lowest BCUT2D eigenvalue weighted by Gasteiger charge is -2.11. The molecule has 0 aliphatic carbocycles. The van der Waals surface area contributed by atoms with Gasteiger partial charge in [-0.2, -0.15) is 0 Å². The lowest BCUT2D eigenvalue weighted by atomic mass is 10.2. The third kappa shape index (κ3) is 3.47. The topological polar surface area (TPSA) is 67.1 Å². The third-order valence-corrected chi connectivity index (χ3v) is 4.79. The lowest BCUT2D eigenvalue weighted by Crippen LogP contribution is -2.80. The van der Waals surface area contributed by atoms with Crippen molar-refractivity contribution >= 4 is 10.0 Å². The van der Waals surface area contributed by atoms with Crippen molar-refractivity contribution in [3.8, 4) is 0 Å². The Hall–Kier alpha value is -1.63. The summed E-state index contributed by atoms with van der Waals surface area (Å²) >= 11 is 0. The van der Waals surface area contributed by atoms with Crippen LogP contribution in [0.1, 0.15) is 11.3 Å². The van der Waals surface area contributed by atoms with E-state index in [0.29, 0.717) is 11.4 Å². The first-order valence-electron chi connectivity index (χ1n) is 6.35. The minimum atomic E-state index is -3.37. The number of sulfonamides is 1. The molecule has 0 fully saturated rings. The zero-order valence-electron chi connectivity index (χ0n) is 11.6. The SMILES string of the molecule is CN(C)S(=O)(=O)c1cccc(C[NH2+]Cc2ccco2)c1. The number of nitrogens with two attached hydrogens (primary N) is 1. The molecule has 2 aromatic rings. The van der Waals surface area contributed by atoms with Gasteiger partial charge in [-0.25, -0.2) is 12.7 Å². The third-order valence-electron chi connectivity index (χ3n) is 2.98. The van der Waals surface area contributed by atoms with Gasteiger partial charge in [-0.1, -0.05) is 12.1 Å². The maximum absolute atomic E-state index is 12.0. The van der Waals surface area contributed by atoms with Gasteiger partial charge in [0.15, 0.2) is 5.76 Å². The van der Waals surface area contributed by atoms with Crippen LogP contribution in [0.5, 0.6) is 0 Å². The van der Waals surface area contributed by atoms with E-state index >= 15 is 0 Å². The van der Waals surface area contributed by atoms with Crippen LogP contribution < -0.4 is 5.32 Å². The Morgan fingerprint density at radius 1 is 1.15 bits per heavy atom. The Kier molecular flexibility index (Phi) is 4.59. The molecule has 0 aliphatic heterocycles. The Labute approximate surface area is 119 Å². The zero-order chi connectivity index (χ0) is 14.6. The minimum Gasteiger partial charge on any atom is -0.463 e. The van der Waals surface area contributed by atoms with E-state index in [4.69, 9.17) is 4.42 Å². The monoisotopic (exact) mass is 295 g/mol. The highest BCUT2D eigenvalue weighted by atomic mass is 32.2. The molecule has 2 rings (SSSR count). The van der Waals surface area contributed by atoms with E-state index in [2.05, 4.69) is 5.32 Å². The van der Waals surface area contributed by atoms with E-state index in [-0.39, 0.29) is 0 Å². The second-order valence-corrected chi connectivity index (χ2v) is 6.86. The van der Waals surface area contributed by atoms with Crippen molar-refractivity contribution in [2.24, 2.45) is 0 Å². The molecule has 0 radical (unpaired) electrons. The van der Waals surface area contributed by atoms with E-state index in [9.17, 15) is 8.42 Å². The van der Waals surface area contributed by atoms with Gasteiger partial charge in [0.25, 0.3) is 0 Å². The first kappa shape index (κ1) is 14.8. The Bertz CT molecular complexity index is 649. The fourth-order valence-electron chi connectivity index (χ4n) is 1.85. The summed E-state index contributed by atoms with van der Waals surface area (Å²) in [6.45, 7) is 1.44. The summed E-state index contributed by atoms with van der Waals surface area (Å²) in [5, 5.41) is 2.07. The van der Waals surface area contributed by atoms with Gasteiger partial charge >= 0.3 is 0 Å². The molecule has 108 valence electrons. The summed E-state index contributed by atoms with van der Waals surface area (Å²) in [5.74, 6) is 0.905. The summed E-state index contributed by atoms with van der Waals surface area (Å²) in [7, 11) is -0.301. The number of hydrogen-bond acceptors (Lipinski definition) is 3. The summed E-state index contributed by atoms with van der Waals surface area (Å²) in [4.78, 5) is 0.325. The molecule has 0 unspecified atom stereocenters. The number of nitrogens with zero attached hydrogens (tertiary/aromatic N) is 1. The van der Waals surface area contributed by atoms with Crippen LogP contribution in [0.2, 0.25) is 0 Å². The molecule has 0 bridgehead atoms. The summed E-state index contributed by atoms with van der Waals surface area (Å²) in [6.07, 6.45) is 1.65. The van der Waals surface area contributed by atoms with Gasteiger partial charge in [-0.3, -0.25) is 0 Å². The van der Waals surface area contributed by atoms with Gasteiger partial charge in [-0.15, -0.1) is 0 Å². The number of furan rings is 1. The average Bonchev–Trinajstić information content (AvgIpc) is 2.92. The Morgan fingerprint density at radius 2 is 1.95 bits per heavy atom. The quantitative estimate of drug-likeness (QED) is 0.857. The van der Waals surface area contributed by atoms with Crippen LogP contribution in [0, 0.1) is 0 Å². The van der Waals surface area contributed by atoms with Gasteiger partial charge in [0.05, 0.1) is 11.2 Å². The van der Waals surface area contributed by atoms with Crippen molar-refractivity contribution in [1.29, 1.82) is 0 Å². The van der Waals surface area contributed by atoms with Gasteiger partial charge in [0.2, 0.25) is 10.0 Å². The molecular formula is C14H19N2O3S+. The van der Waals surface area contributed by atoms with E-state index in [1.165, 1.54) is 18.4 Å². The van der Waals surface area contributed by atoms with Crippen LogP contribution >= 0.6 is 0 Å². The van der Waals surface area contributed by atoms with Crippen molar-refractivity contribution in [3.63, 3.8) is 0 Å². The summed E-state index contributed by atoms with van der Waals surface area (Å²) in [6, 6.07) is 10.8. The van der Waals surface area contributed by atoms with Crippen molar-refractivity contribution in [1.82, 2.24) is 4.31 Å². The predicted molar refractivity (Wildman–Crippen MR) is 75.4 cm³/mol. The molecule has 6 heteroatoms. The number of rotatable bonds is 6. The van der Waals surface area contributed by atoms with Crippen molar-refractivity contribution in [2.45, 2.75) is 18.0 Å². The molecule has 0 spiro atoms. The molecule has 0 amide bonds. The Morgan fingerprint density at radius 3 is 2.60 bits per heavy atom. The highest BCUT2D eigenvalue weighted by Gasteiger charge is 2.17. The largest absolute Gasteiger partial charge is 0.463 e. The molecule has 0 atom stereocenters. The van der Waals surface area contributed by atoms with Crippen molar-refractivity contribution in [3.05, 3.63) is 54.0 Å². The predicted octanol–water partition coefficient (Wildman–Crippen LogP) is 0.794. The molecule has 5 nitrogen and oxygen atoms in total. The van der Waals surface area contributed by atoms with Crippen LogP contribution in [0.15, 0.2) is 52.0 Å². The van der Waals surface area contributed by atoms with Crippen molar-refractivity contribution in [2.75, 3.05) is 14.1 Å². The molecule has 1 aromatic carbocycles. The maximum atomic E-state index is 12.0. The highest BCUT2D eigenvalue weighted by Crippen LogP contribution is 2.14. The lowest BCUT2D eigenvalue weighted by molar-refractivity contribution is -0.688.